The summed E-state index contributed by atoms with van der Waals surface area (Å²) < 4.78 is 0. The molecule has 1 fully saturated rings. The lowest BCUT2D eigenvalue weighted by Gasteiger charge is -2.20. The van der Waals surface area contributed by atoms with Crippen LogP contribution >= 0.6 is 0 Å². The maximum Gasteiger partial charge on any atom is 0.165 e. The number of rotatable bonds is 3. The summed E-state index contributed by atoms with van der Waals surface area (Å²) in [5, 5.41) is 1.08. The Balaban J connectivity index is 1.86. The lowest BCUT2D eigenvalue weighted by Crippen LogP contribution is -2.12. The Hall–Kier alpha value is -1.57. The number of H-pyrrole nitrogens is 1. The van der Waals surface area contributed by atoms with Gasteiger partial charge in [0.15, 0.2) is 5.78 Å². The third-order valence-electron chi connectivity index (χ3n) is 4.37. The summed E-state index contributed by atoms with van der Waals surface area (Å²) in [6.45, 7) is 2.01. The molecule has 19 heavy (non-hydrogen) atoms. The Kier molecular flexibility index (Phi) is 3.41. The van der Waals surface area contributed by atoms with Crippen LogP contribution in [0.5, 0.6) is 0 Å². The molecule has 2 aromatic rings. The molecule has 0 saturated heterocycles. The fourth-order valence-corrected chi connectivity index (χ4v) is 3.39. The molecule has 1 N–H and O–H groups in total. The first kappa shape index (κ1) is 12.5. The van der Waals surface area contributed by atoms with Gasteiger partial charge in [-0.05, 0) is 18.9 Å². The number of hydrogen-bond donors (Lipinski definition) is 1. The van der Waals surface area contributed by atoms with Gasteiger partial charge in [0.25, 0.3) is 0 Å². The largest absolute Gasteiger partial charge is 0.358 e. The molecule has 0 aliphatic heterocycles. The second-order valence-corrected chi connectivity index (χ2v) is 5.80. The first-order valence-corrected chi connectivity index (χ1v) is 7.36. The number of aryl methyl sites for hydroxylation is 1. The van der Waals surface area contributed by atoms with Gasteiger partial charge < -0.3 is 4.98 Å². The molecule has 1 aromatic carbocycles. The van der Waals surface area contributed by atoms with Crippen molar-refractivity contribution >= 4 is 16.7 Å². The van der Waals surface area contributed by atoms with Crippen LogP contribution < -0.4 is 0 Å². The van der Waals surface area contributed by atoms with Crippen molar-refractivity contribution < 1.29 is 4.79 Å². The van der Waals surface area contributed by atoms with E-state index in [1.165, 1.54) is 32.1 Å². The van der Waals surface area contributed by atoms with E-state index in [1.54, 1.807) is 0 Å². The smallest absolute Gasteiger partial charge is 0.165 e. The number of nitrogens with one attached hydrogen (secondary N) is 1. The summed E-state index contributed by atoms with van der Waals surface area (Å²) >= 11 is 0. The fraction of sp³-hybridized carbons (Fsp3) is 0.471. The molecule has 0 unspecified atom stereocenters. The zero-order chi connectivity index (χ0) is 13.2. The molecule has 0 spiro atoms. The van der Waals surface area contributed by atoms with Gasteiger partial charge in [-0.3, -0.25) is 4.79 Å². The molecule has 1 aromatic heterocycles. The van der Waals surface area contributed by atoms with E-state index < -0.39 is 0 Å². The highest BCUT2D eigenvalue weighted by Crippen LogP contribution is 2.30. The van der Waals surface area contributed by atoms with E-state index in [0.29, 0.717) is 11.7 Å². The highest BCUT2D eigenvalue weighted by Gasteiger charge is 2.21. The molecule has 1 aliphatic carbocycles. The van der Waals surface area contributed by atoms with E-state index in [1.807, 2.05) is 31.2 Å². The Morgan fingerprint density at radius 2 is 1.95 bits per heavy atom. The zero-order valence-corrected chi connectivity index (χ0v) is 11.5. The number of fused-ring (bicyclic) bond motifs is 1. The van der Waals surface area contributed by atoms with Crippen LogP contribution in [-0.4, -0.2) is 10.8 Å². The quantitative estimate of drug-likeness (QED) is 0.797. The number of benzene rings is 1. The van der Waals surface area contributed by atoms with E-state index in [4.69, 9.17) is 0 Å². The lowest BCUT2D eigenvalue weighted by atomic mass is 9.84. The molecule has 1 saturated carbocycles. The third kappa shape index (κ3) is 2.44. The number of hydrogen-bond acceptors (Lipinski definition) is 1. The summed E-state index contributed by atoms with van der Waals surface area (Å²) in [6, 6.07) is 8.10. The van der Waals surface area contributed by atoms with Crippen molar-refractivity contribution in [1.82, 2.24) is 4.98 Å². The van der Waals surface area contributed by atoms with Gasteiger partial charge >= 0.3 is 0 Å². The topological polar surface area (TPSA) is 32.9 Å². The van der Waals surface area contributed by atoms with Crippen molar-refractivity contribution in [2.75, 3.05) is 0 Å². The maximum absolute atomic E-state index is 12.6. The predicted molar refractivity (Wildman–Crippen MR) is 78.6 cm³/mol. The average molecular weight is 255 g/mol. The van der Waals surface area contributed by atoms with Gasteiger partial charge in [0.1, 0.15) is 0 Å². The van der Waals surface area contributed by atoms with Gasteiger partial charge in [-0.1, -0.05) is 50.3 Å². The van der Waals surface area contributed by atoms with E-state index in [-0.39, 0.29) is 0 Å². The second-order valence-electron chi connectivity index (χ2n) is 5.80. The van der Waals surface area contributed by atoms with Gasteiger partial charge in [0, 0.05) is 28.6 Å². The summed E-state index contributed by atoms with van der Waals surface area (Å²) in [5.74, 6) is 0.927. The standard InChI is InChI=1S/C17H21NO/c1-12-17(14-9-5-6-10-15(14)18-12)16(19)11-13-7-3-2-4-8-13/h5-6,9-10,13,18H,2-4,7-8,11H2,1H3. The van der Waals surface area contributed by atoms with Crippen molar-refractivity contribution in [1.29, 1.82) is 0 Å². The number of para-hydroxylation sites is 1. The first-order chi connectivity index (χ1) is 9.25. The van der Waals surface area contributed by atoms with Crippen LogP contribution in [0.25, 0.3) is 10.9 Å². The first-order valence-electron chi connectivity index (χ1n) is 7.36. The van der Waals surface area contributed by atoms with E-state index >= 15 is 0 Å². The third-order valence-corrected chi connectivity index (χ3v) is 4.37. The lowest BCUT2D eigenvalue weighted by molar-refractivity contribution is 0.0951. The van der Waals surface area contributed by atoms with Crippen molar-refractivity contribution in [2.45, 2.75) is 45.4 Å². The van der Waals surface area contributed by atoms with E-state index in [0.717, 1.165) is 28.6 Å². The number of aromatic amines is 1. The van der Waals surface area contributed by atoms with Gasteiger partial charge in [-0.15, -0.1) is 0 Å². The number of carbonyl (C=O) groups excluding carboxylic acids is 1. The van der Waals surface area contributed by atoms with Gasteiger partial charge in [-0.2, -0.15) is 0 Å². The molecule has 2 heteroatoms. The van der Waals surface area contributed by atoms with Crippen molar-refractivity contribution in [3.63, 3.8) is 0 Å². The summed E-state index contributed by atoms with van der Waals surface area (Å²) in [4.78, 5) is 15.9. The Labute approximate surface area is 114 Å². The highest BCUT2D eigenvalue weighted by molar-refractivity contribution is 6.09. The van der Waals surface area contributed by atoms with Gasteiger partial charge in [0.2, 0.25) is 0 Å². The van der Waals surface area contributed by atoms with Crippen molar-refractivity contribution in [2.24, 2.45) is 5.92 Å². The molecule has 1 heterocycles. The molecule has 2 nitrogen and oxygen atoms in total. The molecular weight excluding hydrogens is 234 g/mol. The molecule has 3 rings (SSSR count). The highest BCUT2D eigenvalue weighted by atomic mass is 16.1. The average Bonchev–Trinajstić information content (AvgIpc) is 2.75. The van der Waals surface area contributed by atoms with Crippen molar-refractivity contribution in [3.8, 4) is 0 Å². The van der Waals surface area contributed by atoms with E-state index in [2.05, 4.69) is 4.98 Å². The Morgan fingerprint density at radius 1 is 1.21 bits per heavy atom. The number of ketones is 1. The van der Waals surface area contributed by atoms with Crippen LogP contribution in [0.3, 0.4) is 0 Å². The minimum atomic E-state index is 0.321. The van der Waals surface area contributed by atoms with Gasteiger partial charge in [-0.25, -0.2) is 0 Å². The minimum Gasteiger partial charge on any atom is -0.358 e. The number of carbonyl (C=O) groups is 1. The monoisotopic (exact) mass is 255 g/mol. The normalized spacial score (nSPS) is 16.9. The molecule has 100 valence electrons. The van der Waals surface area contributed by atoms with E-state index in [9.17, 15) is 4.79 Å². The zero-order valence-electron chi connectivity index (χ0n) is 11.5. The Bertz CT molecular complexity index is 590. The molecule has 1 aliphatic rings. The Morgan fingerprint density at radius 3 is 2.74 bits per heavy atom. The molecule has 0 amide bonds. The maximum atomic E-state index is 12.6. The van der Waals surface area contributed by atoms with Gasteiger partial charge in [0.05, 0.1) is 0 Å². The molecular formula is C17H21NO. The van der Waals surface area contributed by atoms with Crippen LogP contribution in [0.4, 0.5) is 0 Å². The summed E-state index contributed by atoms with van der Waals surface area (Å²) in [5.41, 5.74) is 3.01. The fourth-order valence-electron chi connectivity index (χ4n) is 3.39. The summed E-state index contributed by atoms with van der Waals surface area (Å²) in [7, 11) is 0. The predicted octanol–water partition coefficient (Wildman–Crippen LogP) is 4.63. The molecule has 0 radical (unpaired) electrons. The second kappa shape index (κ2) is 5.20. The number of aromatic nitrogens is 1. The van der Waals surface area contributed by atoms with Crippen LogP contribution in [0.2, 0.25) is 0 Å². The number of Topliss-reactive ketones (excluding diaryl/α,β-unsaturated/α-hetero) is 1. The van der Waals surface area contributed by atoms with Crippen LogP contribution in [0.15, 0.2) is 24.3 Å². The SMILES string of the molecule is Cc1[nH]c2ccccc2c1C(=O)CC1CCCCC1. The van der Waals surface area contributed by atoms with Crippen LogP contribution in [0, 0.1) is 12.8 Å². The van der Waals surface area contributed by atoms with Crippen LogP contribution in [-0.2, 0) is 0 Å². The molecule has 0 bridgehead atoms. The van der Waals surface area contributed by atoms with Crippen LogP contribution in [0.1, 0.15) is 54.6 Å². The van der Waals surface area contributed by atoms with Crippen molar-refractivity contribution in [3.05, 3.63) is 35.5 Å². The molecule has 0 atom stereocenters. The summed E-state index contributed by atoms with van der Waals surface area (Å²) in [6.07, 6.45) is 7.12. The minimum absolute atomic E-state index is 0.321.